The number of rotatable bonds is 6. The monoisotopic (exact) mass is 251 g/mol. The number of amides is 1. The van der Waals surface area contributed by atoms with Gasteiger partial charge in [0.05, 0.1) is 5.92 Å². The largest absolute Gasteiger partial charge is 0.481 e. The lowest BCUT2D eigenvalue weighted by Crippen LogP contribution is -2.32. The molecule has 0 aliphatic heterocycles. The fourth-order valence-electron chi connectivity index (χ4n) is 1.39. The first-order chi connectivity index (χ1) is 8.63. The molecule has 0 aromatic heterocycles. The first kappa shape index (κ1) is 14.0. The summed E-state index contributed by atoms with van der Waals surface area (Å²) in [4.78, 5) is 22.1. The Morgan fingerprint density at radius 2 is 2.00 bits per heavy atom. The lowest BCUT2D eigenvalue weighted by atomic mass is 10.1. The van der Waals surface area contributed by atoms with E-state index in [1.165, 1.54) is 0 Å². The van der Waals surface area contributed by atoms with Crippen molar-refractivity contribution < 1.29 is 19.4 Å². The van der Waals surface area contributed by atoms with E-state index in [-0.39, 0.29) is 13.2 Å². The number of aliphatic carboxylic acids is 1. The van der Waals surface area contributed by atoms with E-state index in [4.69, 9.17) is 9.84 Å². The highest BCUT2D eigenvalue weighted by molar-refractivity contribution is 5.72. The van der Waals surface area contributed by atoms with Crippen LogP contribution in [-0.4, -0.2) is 23.7 Å². The van der Waals surface area contributed by atoms with Gasteiger partial charge in [0.1, 0.15) is 6.61 Å². The standard InChI is InChI=1S/C13H17NO4/c1-2-11(12(15)16)8-14-13(17)18-9-10-6-4-3-5-7-10/h3-7,11H,2,8-9H2,1H3,(H,14,17)(H,15,16)/t11-/m0/s1. The lowest BCUT2D eigenvalue weighted by molar-refractivity contribution is -0.141. The van der Waals surface area contributed by atoms with Gasteiger partial charge in [-0.1, -0.05) is 37.3 Å². The van der Waals surface area contributed by atoms with Crippen LogP contribution in [0.1, 0.15) is 18.9 Å². The van der Waals surface area contributed by atoms with Crippen LogP contribution in [-0.2, 0) is 16.1 Å². The SMILES string of the molecule is CC[C@@H](CNC(=O)OCc1ccccc1)C(=O)O. The van der Waals surface area contributed by atoms with E-state index >= 15 is 0 Å². The van der Waals surface area contributed by atoms with E-state index in [0.29, 0.717) is 6.42 Å². The van der Waals surface area contributed by atoms with Crippen molar-refractivity contribution in [3.8, 4) is 0 Å². The van der Waals surface area contributed by atoms with Crippen LogP contribution in [0.15, 0.2) is 30.3 Å². The van der Waals surface area contributed by atoms with Crippen molar-refractivity contribution in [2.45, 2.75) is 20.0 Å². The second-order valence-electron chi connectivity index (χ2n) is 3.89. The van der Waals surface area contributed by atoms with Crippen LogP contribution >= 0.6 is 0 Å². The number of benzene rings is 1. The molecule has 0 saturated carbocycles. The van der Waals surface area contributed by atoms with Crippen LogP contribution in [0.3, 0.4) is 0 Å². The van der Waals surface area contributed by atoms with Crippen molar-refractivity contribution in [2.24, 2.45) is 5.92 Å². The van der Waals surface area contributed by atoms with Crippen LogP contribution < -0.4 is 5.32 Å². The molecule has 1 rings (SSSR count). The van der Waals surface area contributed by atoms with Gasteiger partial charge in [-0.05, 0) is 12.0 Å². The van der Waals surface area contributed by atoms with Gasteiger partial charge in [-0.2, -0.15) is 0 Å². The zero-order valence-corrected chi connectivity index (χ0v) is 10.3. The highest BCUT2D eigenvalue weighted by Crippen LogP contribution is 2.02. The second kappa shape index (κ2) is 7.32. The summed E-state index contributed by atoms with van der Waals surface area (Å²) in [6.07, 6.45) is -0.132. The molecule has 0 aliphatic carbocycles. The summed E-state index contributed by atoms with van der Waals surface area (Å²) in [6.45, 7) is 2.02. The number of alkyl carbamates (subject to hydrolysis) is 1. The third-order valence-electron chi connectivity index (χ3n) is 2.55. The number of carbonyl (C=O) groups is 2. The van der Waals surface area contributed by atoms with Crippen LogP contribution in [0.5, 0.6) is 0 Å². The molecule has 0 fully saturated rings. The highest BCUT2D eigenvalue weighted by Gasteiger charge is 2.16. The van der Waals surface area contributed by atoms with E-state index in [2.05, 4.69) is 5.32 Å². The van der Waals surface area contributed by atoms with E-state index in [9.17, 15) is 9.59 Å². The minimum absolute atomic E-state index is 0.0828. The maximum absolute atomic E-state index is 11.3. The minimum Gasteiger partial charge on any atom is -0.481 e. The molecule has 0 heterocycles. The zero-order chi connectivity index (χ0) is 13.4. The molecule has 1 aromatic carbocycles. The highest BCUT2D eigenvalue weighted by atomic mass is 16.5. The van der Waals surface area contributed by atoms with Gasteiger partial charge < -0.3 is 15.2 Å². The van der Waals surface area contributed by atoms with Crippen LogP contribution in [0, 0.1) is 5.92 Å². The molecule has 1 atom stereocenters. The Bertz CT molecular complexity index is 391. The Morgan fingerprint density at radius 3 is 2.56 bits per heavy atom. The van der Waals surface area contributed by atoms with Gasteiger partial charge in [-0.25, -0.2) is 4.79 Å². The molecule has 0 saturated heterocycles. The van der Waals surface area contributed by atoms with Gasteiger partial charge in [0.2, 0.25) is 0 Å². The number of hydrogen-bond acceptors (Lipinski definition) is 3. The average molecular weight is 251 g/mol. The molecular formula is C13H17NO4. The number of nitrogens with one attached hydrogen (secondary N) is 1. The minimum atomic E-state index is -0.916. The van der Waals surface area contributed by atoms with Gasteiger partial charge in [0, 0.05) is 6.54 Å². The summed E-state index contributed by atoms with van der Waals surface area (Å²) in [5, 5.41) is 11.2. The van der Waals surface area contributed by atoms with Crippen molar-refractivity contribution in [1.29, 1.82) is 0 Å². The van der Waals surface area contributed by atoms with Gasteiger partial charge in [0.15, 0.2) is 0 Å². The molecule has 0 aliphatic rings. The van der Waals surface area contributed by atoms with Gasteiger partial charge in [-0.3, -0.25) is 4.79 Å². The average Bonchev–Trinajstić information content (AvgIpc) is 2.38. The van der Waals surface area contributed by atoms with Crippen molar-refractivity contribution in [2.75, 3.05) is 6.54 Å². The molecular weight excluding hydrogens is 234 g/mol. The predicted octanol–water partition coefficient (Wildman–Crippen LogP) is 2.02. The van der Waals surface area contributed by atoms with Gasteiger partial charge in [0.25, 0.3) is 0 Å². The normalized spacial score (nSPS) is 11.6. The Labute approximate surface area is 106 Å². The van der Waals surface area contributed by atoms with Crippen molar-refractivity contribution in [3.05, 3.63) is 35.9 Å². The molecule has 2 N–H and O–H groups in total. The third kappa shape index (κ3) is 4.86. The molecule has 0 radical (unpaired) electrons. The molecule has 1 amide bonds. The Morgan fingerprint density at radius 1 is 1.33 bits per heavy atom. The van der Waals surface area contributed by atoms with Gasteiger partial charge in [-0.15, -0.1) is 0 Å². The van der Waals surface area contributed by atoms with Crippen LogP contribution in [0.4, 0.5) is 4.79 Å². The van der Waals surface area contributed by atoms with E-state index in [0.717, 1.165) is 5.56 Å². The number of ether oxygens (including phenoxy) is 1. The predicted molar refractivity (Wildman–Crippen MR) is 66.0 cm³/mol. The maximum Gasteiger partial charge on any atom is 0.407 e. The fourth-order valence-corrected chi connectivity index (χ4v) is 1.39. The summed E-state index contributed by atoms with van der Waals surface area (Å²) in [5.74, 6) is -1.49. The molecule has 5 heteroatoms. The molecule has 18 heavy (non-hydrogen) atoms. The van der Waals surface area contributed by atoms with Crippen LogP contribution in [0.25, 0.3) is 0 Å². The van der Waals surface area contributed by atoms with Crippen molar-refractivity contribution in [1.82, 2.24) is 5.32 Å². The number of carboxylic acid groups (broad SMARTS) is 1. The molecule has 98 valence electrons. The third-order valence-corrected chi connectivity index (χ3v) is 2.55. The Balaban J connectivity index is 2.28. The second-order valence-corrected chi connectivity index (χ2v) is 3.89. The molecule has 1 aromatic rings. The quantitative estimate of drug-likeness (QED) is 0.811. The first-order valence-corrected chi connectivity index (χ1v) is 5.80. The Kier molecular flexibility index (Phi) is 5.70. The van der Waals surface area contributed by atoms with E-state index < -0.39 is 18.0 Å². The summed E-state index contributed by atoms with van der Waals surface area (Å²) < 4.78 is 4.96. The lowest BCUT2D eigenvalue weighted by Gasteiger charge is -2.11. The smallest absolute Gasteiger partial charge is 0.407 e. The molecule has 0 spiro atoms. The summed E-state index contributed by atoms with van der Waals surface area (Å²) in [5.41, 5.74) is 0.887. The number of hydrogen-bond donors (Lipinski definition) is 2. The van der Waals surface area contributed by atoms with Crippen LogP contribution in [0.2, 0.25) is 0 Å². The van der Waals surface area contributed by atoms with E-state index in [1.54, 1.807) is 6.92 Å². The summed E-state index contributed by atoms with van der Waals surface area (Å²) in [6, 6.07) is 9.28. The molecule has 5 nitrogen and oxygen atoms in total. The number of carbonyl (C=O) groups excluding carboxylic acids is 1. The van der Waals surface area contributed by atoms with Crippen molar-refractivity contribution >= 4 is 12.1 Å². The fraction of sp³-hybridized carbons (Fsp3) is 0.385. The summed E-state index contributed by atoms with van der Waals surface area (Å²) >= 11 is 0. The molecule has 0 unspecified atom stereocenters. The first-order valence-electron chi connectivity index (χ1n) is 5.80. The summed E-state index contributed by atoms with van der Waals surface area (Å²) in [7, 11) is 0. The Hall–Kier alpha value is -2.04. The zero-order valence-electron chi connectivity index (χ0n) is 10.3. The maximum atomic E-state index is 11.3. The van der Waals surface area contributed by atoms with E-state index in [1.807, 2.05) is 30.3 Å². The molecule has 0 bridgehead atoms. The van der Waals surface area contributed by atoms with Gasteiger partial charge >= 0.3 is 12.1 Å². The van der Waals surface area contributed by atoms with Crippen molar-refractivity contribution in [3.63, 3.8) is 0 Å². The topological polar surface area (TPSA) is 75.6 Å². The number of carboxylic acids is 1.